The highest BCUT2D eigenvalue weighted by Crippen LogP contribution is 2.22. The number of nitrogens with one attached hydrogen (secondary N) is 3. The van der Waals surface area contributed by atoms with Gasteiger partial charge in [0.1, 0.15) is 11.4 Å². The number of amides is 2. The van der Waals surface area contributed by atoms with Gasteiger partial charge in [-0.3, -0.25) is 20.4 Å². The Morgan fingerprint density at radius 2 is 1.83 bits per heavy atom. The maximum atomic E-state index is 12.5. The molecule has 29 heavy (non-hydrogen) atoms. The Hall–Kier alpha value is -3.29. The van der Waals surface area contributed by atoms with Crippen molar-refractivity contribution in [2.75, 3.05) is 13.7 Å². The summed E-state index contributed by atoms with van der Waals surface area (Å²) < 4.78 is 10.3. The number of rotatable bonds is 8. The van der Waals surface area contributed by atoms with Crippen LogP contribution in [0.4, 0.5) is 0 Å². The first-order valence-corrected chi connectivity index (χ1v) is 9.52. The number of aromatic amines is 1. The minimum absolute atomic E-state index is 0.224. The molecule has 3 N–H and O–H groups in total. The van der Waals surface area contributed by atoms with E-state index in [-0.39, 0.29) is 12.3 Å². The summed E-state index contributed by atoms with van der Waals surface area (Å²) in [6.45, 7) is 5.39. The third kappa shape index (κ3) is 5.37. The fraction of sp³-hybridized carbons (Fsp3) is 0.381. The van der Waals surface area contributed by atoms with Crippen molar-refractivity contribution in [3.8, 4) is 5.75 Å². The van der Waals surface area contributed by atoms with Crippen LogP contribution in [0, 0.1) is 6.92 Å². The van der Waals surface area contributed by atoms with Crippen molar-refractivity contribution in [2.45, 2.75) is 40.0 Å². The molecular weight excluding hydrogens is 374 g/mol. The van der Waals surface area contributed by atoms with Crippen LogP contribution in [0.5, 0.6) is 5.75 Å². The van der Waals surface area contributed by atoms with Gasteiger partial charge in [0.05, 0.1) is 12.7 Å². The second-order valence-corrected chi connectivity index (χ2v) is 6.47. The first-order valence-electron chi connectivity index (χ1n) is 9.52. The molecule has 0 aliphatic heterocycles. The summed E-state index contributed by atoms with van der Waals surface area (Å²) in [6.07, 6.45) is 2.03. The molecule has 8 heteroatoms. The molecule has 0 spiro atoms. The number of carbonyl (C=O) groups excluding carboxylic acids is 3. The van der Waals surface area contributed by atoms with Gasteiger partial charge in [-0.2, -0.15) is 0 Å². The summed E-state index contributed by atoms with van der Waals surface area (Å²) in [5.41, 5.74) is 7.36. The Kier molecular flexibility index (Phi) is 7.82. The Bertz CT molecular complexity index is 888. The number of benzene rings is 1. The number of carbonyl (C=O) groups is 3. The predicted molar refractivity (Wildman–Crippen MR) is 108 cm³/mol. The molecule has 1 aromatic carbocycles. The van der Waals surface area contributed by atoms with Gasteiger partial charge in [0.15, 0.2) is 6.61 Å². The first-order chi connectivity index (χ1) is 13.9. The third-order valence-corrected chi connectivity index (χ3v) is 4.44. The van der Waals surface area contributed by atoms with Crippen molar-refractivity contribution in [2.24, 2.45) is 0 Å². The zero-order chi connectivity index (χ0) is 21.4. The van der Waals surface area contributed by atoms with E-state index < -0.39 is 17.8 Å². The summed E-state index contributed by atoms with van der Waals surface area (Å²) in [5, 5.41) is 0. The molecule has 0 saturated heterocycles. The number of methoxy groups -OCH3 is 1. The van der Waals surface area contributed by atoms with E-state index in [1.165, 1.54) is 7.11 Å². The molecule has 1 heterocycles. The van der Waals surface area contributed by atoms with Gasteiger partial charge in [0, 0.05) is 5.69 Å². The Morgan fingerprint density at radius 1 is 1.10 bits per heavy atom. The van der Waals surface area contributed by atoms with Crippen LogP contribution >= 0.6 is 0 Å². The number of para-hydroxylation sites is 1. The largest absolute Gasteiger partial charge is 0.483 e. The number of hydrazine groups is 1. The van der Waals surface area contributed by atoms with Crippen LogP contribution in [-0.2, 0) is 22.4 Å². The normalized spacial score (nSPS) is 10.3. The van der Waals surface area contributed by atoms with E-state index >= 15 is 0 Å². The first kappa shape index (κ1) is 22.0. The van der Waals surface area contributed by atoms with Crippen molar-refractivity contribution in [3.63, 3.8) is 0 Å². The lowest BCUT2D eigenvalue weighted by Crippen LogP contribution is -2.44. The Balaban J connectivity index is 2.01. The van der Waals surface area contributed by atoms with Gasteiger partial charge in [-0.25, -0.2) is 4.79 Å². The van der Waals surface area contributed by atoms with E-state index in [0.29, 0.717) is 29.0 Å². The van der Waals surface area contributed by atoms with Crippen LogP contribution in [0.3, 0.4) is 0 Å². The summed E-state index contributed by atoms with van der Waals surface area (Å²) in [5.74, 6) is -0.926. The molecule has 0 unspecified atom stereocenters. The molecule has 1 aromatic heterocycles. The number of hydrogen-bond acceptors (Lipinski definition) is 5. The number of ether oxygens (including phenoxy) is 2. The van der Waals surface area contributed by atoms with E-state index in [0.717, 1.165) is 18.4 Å². The number of H-pyrrole nitrogens is 1. The van der Waals surface area contributed by atoms with Crippen LogP contribution in [0.2, 0.25) is 0 Å². The van der Waals surface area contributed by atoms with Gasteiger partial charge in [-0.05, 0) is 37.0 Å². The quantitative estimate of drug-likeness (QED) is 0.465. The average molecular weight is 401 g/mol. The number of hydrogen-bond donors (Lipinski definition) is 3. The summed E-state index contributed by atoms with van der Waals surface area (Å²) in [4.78, 5) is 39.6. The highest BCUT2D eigenvalue weighted by Gasteiger charge is 2.24. The van der Waals surface area contributed by atoms with Gasteiger partial charge in [0.2, 0.25) is 0 Å². The molecule has 8 nitrogen and oxygen atoms in total. The lowest BCUT2D eigenvalue weighted by Gasteiger charge is -2.11. The second kappa shape index (κ2) is 10.3. The van der Waals surface area contributed by atoms with Gasteiger partial charge < -0.3 is 14.5 Å². The molecule has 156 valence electrons. The topological polar surface area (TPSA) is 110 Å². The van der Waals surface area contributed by atoms with Crippen molar-refractivity contribution in [3.05, 3.63) is 52.3 Å². The van der Waals surface area contributed by atoms with Crippen molar-refractivity contribution in [1.29, 1.82) is 0 Å². The van der Waals surface area contributed by atoms with Gasteiger partial charge in [0.25, 0.3) is 11.8 Å². The van der Waals surface area contributed by atoms with Crippen LogP contribution in [0.25, 0.3) is 0 Å². The fourth-order valence-corrected chi connectivity index (χ4v) is 3.05. The monoisotopic (exact) mass is 401 g/mol. The van der Waals surface area contributed by atoms with Crippen molar-refractivity contribution >= 4 is 17.8 Å². The maximum Gasteiger partial charge on any atom is 0.339 e. The van der Waals surface area contributed by atoms with Crippen molar-refractivity contribution in [1.82, 2.24) is 15.8 Å². The number of esters is 1. The van der Waals surface area contributed by atoms with Crippen LogP contribution in [0.1, 0.15) is 57.9 Å². The summed E-state index contributed by atoms with van der Waals surface area (Å²) in [6, 6.07) is 7.45. The van der Waals surface area contributed by atoms with E-state index in [2.05, 4.69) is 15.8 Å². The highest BCUT2D eigenvalue weighted by atomic mass is 16.5. The van der Waals surface area contributed by atoms with E-state index in [4.69, 9.17) is 9.47 Å². The molecular formula is C21H27N3O5. The minimum Gasteiger partial charge on any atom is -0.483 e. The average Bonchev–Trinajstić information content (AvgIpc) is 3.06. The van der Waals surface area contributed by atoms with E-state index in [1.54, 1.807) is 13.0 Å². The predicted octanol–water partition coefficient (Wildman–Crippen LogP) is 2.46. The zero-order valence-corrected chi connectivity index (χ0v) is 17.2. The smallest absolute Gasteiger partial charge is 0.339 e. The summed E-state index contributed by atoms with van der Waals surface area (Å²) in [7, 11) is 1.29. The standard InChI is InChI=1S/C21H27N3O5/c1-5-9-15-18(21(27)28-4)13(3)22-19(15)20(26)24-23-17(25)12-29-16-11-8-7-10-14(16)6-2/h7-8,10-11,22H,5-6,9,12H2,1-4H3,(H,23,25)(H,24,26). The SMILES string of the molecule is CCCc1c(C(=O)NNC(=O)COc2ccccc2CC)[nH]c(C)c1C(=O)OC. The molecule has 0 aliphatic rings. The lowest BCUT2D eigenvalue weighted by molar-refractivity contribution is -0.123. The third-order valence-electron chi connectivity index (χ3n) is 4.44. The Morgan fingerprint density at radius 3 is 2.48 bits per heavy atom. The molecule has 2 aromatic rings. The molecule has 2 rings (SSSR count). The molecule has 0 fully saturated rings. The molecule has 0 saturated carbocycles. The summed E-state index contributed by atoms with van der Waals surface area (Å²) >= 11 is 0. The number of aryl methyl sites for hydroxylation is 2. The molecule has 0 radical (unpaired) electrons. The molecule has 0 aliphatic carbocycles. The van der Waals surface area contributed by atoms with Crippen molar-refractivity contribution < 1.29 is 23.9 Å². The molecule has 0 atom stereocenters. The van der Waals surface area contributed by atoms with E-state index in [1.807, 2.05) is 32.0 Å². The zero-order valence-electron chi connectivity index (χ0n) is 17.2. The Labute approximate surface area is 169 Å². The van der Waals surface area contributed by atoms with Gasteiger partial charge in [-0.1, -0.05) is 38.5 Å². The number of aromatic nitrogens is 1. The maximum absolute atomic E-state index is 12.5. The highest BCUT2D eigenvalue weighted by molar-refractivity contribution is 6.01. The van der Waals surface area contributed by atoms with Gasteiger partial charge in [-0.15, -0.1) is 0 Å². The van der Waals surface area contributed by atoms with Crippen LogP contribution in [-0.4, -0.2) is 36.5 Å². The fourth-order valence-electron chi connectivity index (χ4n) is 3.05. The van der Waals surface area contributed by atoms with Crippen LogP contribution in [0.15, 0.2) is 24.3 Å². The van der Waals surface area contributed by atoms with E-state index in [9.17, 15) is 14.4 Å². The lowest BCUT2D eigenvalue weighted by atomic mass is 10.0. The minimum atomic E-state index is -0.547. The van der Waals surface area contributed by atoms with Gasteiger partial charge >= 0.3 is 5.97 Å². The van der Waals surface area contributed by atoms with Crippen LogP contribution < -0.4 is 15.6 Å². The molecule has 2 amide bonds. The molecule has 0 bridgehead atoms. The second-order valence-electron chi connectivity index (χ2n) is 6.47.